The molecule has 0 aliphatic carbocycles. The Hall–Kier alpha value is -1.68. The number of carbonyl (C=O) groups excluding carboxylic acids is 2. The molecule has 4 heteroatoms. The predicted octanol–water partition coefficient (Wildman–Crippen LogP) is 1.36. The van der Waals surface area contributed by atoms with E-state index in [-0.39, 0.29) is 18.4 Å². The van der Waals surface area contributed by atoms with Crippen molar-refractivity contribution in [3.63, 3.8) is 0 Å². The van der Waals surface area contributed by atoms with Crippen LogP contribution in [0.4, 0.5) is 0 Å². The zero-order chi connectivity index (χ0) is 12.7. The molecule has 1 aromatic carbocycles. The van der Waals surface area contributed by atoms with E-state index in [0.717, 1.165) is 12.0 Å². The van der Waals surface area contributed by atoms with E-state index in [0.29, 0.717) is 18.4 Å². The summed E-state index contributed by atoms with van der Waals surface area (Å²) in [5.41, 5.74) is 1.58. The van der Waals surface area contributed by atoms with Crippen LogP contribution in [-0.4, -0.2) is 30.6 Å². The number of carbonyl (C=O) groups is 2. The monoisotopic (exact) mass is 236 g/mol. The van der Waals surface area contributed by atoms with Crippen molar-refractivity contribution in [2.24, 2.45) is 0 Å². The van der Waals surface area contributed by atoms with Crippen molar-refractivity contribution < 1.29 is 19.4 Å². The molecular formula is C13H16O4. The summed E-state index contributed by atoms with van der Waals surface area (Å²) < 4.78 is 4.59. The average Bonchev–Trinajstić information content (AvgIpc) is 2.38. The van der Waals surface area contributed by atoms with Gasteiger partial charge in [0.1, 0.15) is 6.61 Å². The maximum Gasteiger partial charge on any atom is 0.337 e. The molecule has 1 rings (SSSR count). The molecule has 0 bridgehead atoms. The second-order valence-corrected chi connectivity index (χ2v) is 3.74. The number of hydrogen-bond acceptors (Lipinski definition) is 4. The molecule has 17 heavy (non-hydrogen) atoms. The second kappa shape index (κ2) is 6.81. The maximum atomic E-state index is 11.2. The first-order valence-electron chi connectivity index (χ1n) is 5.47. The number of rotatable bonds is 6. The number of Topliss-reactive ketones (excluding diaryl/α,β-unsaturated/α-hetero) is 1. The van der Waals surface area contributed by atoms with E-state index in [2.05, 4.69) is 4.74 Å². The second-order valence-electron chi connectivity index (χ2n) is 3.74. The molecule has 0 spiro atoms. The van der Waals surface area contributed by atoms with E-state index in [1.165, 1.54) is 7.11 Å². The van der Waals surface area contributed by atoms with Crippen molar-refractivity contribution in [1.82, 2.24) is 0 Å². The van der Waals surface area contributed by atoms with Crippen LogP contribution in [0.1, 0.15) is 28.8 Å². The standard InChI is InChI=1S/C13H16O4/c1-17-13(16)11-7-5-10(6-8-11)3-2-4-12(15)9-14/h5-8,14H,2-4,9H2,1H3. The largest absolute Gasteiger partial charge is 0.465 e. The van der Waals surface area contributed by atoms with E-state index in [1.54, 1.807) is 12.1 Å². The Morgan fingerprint density at radius 2 is 1.88 bits per heavy atom. The van der Waals surface area contributed by atoms with Crippen LogP contribution < -0.4 is 0 Å². The van der Waals surface area contributed by atoms with Crippen LogP contribution in [0.5, 0.6) is 0 Å². The van der Waals surface area contributed by atoms with E-state index in [9.17, 15) is 9.59 Å². The average molecular weight is 236 g/mol. The summed E-state index contributed by atoms with van der Waals surface area (Å²) in [6.45, 7) is -0.388. The molecule has 0 aromatic heterocycles. The maximum absolute atomic E-state index is 11.2. The summed E-state index contributed by atoms with van der Waals surface area (Å²) >= 11 is 0. The third kappa shape index (κ3) is 4.36. The van der Waals surface area contributed by atoms with Crippen molar-refractivity contribution in [2.45, 2.75) is 19.3 Å². The first-order valence-corrected chi connectivity index (χ1v) is 5.47. The van der Waals surface area contributed by atoms with Crippen molar-refractivity contribution in [3.05, 3.63) is 35.4 Å². The molecule has 0 aliphatic rings. The Kier molecular flexibility index (Phi) is 5.36. The van der Waals surface area contributed by atoms with E-state index >= 15 is 0 Å². The first kappa shape index (κ1) is 13.4. The smallest absolute Gasteiger partial charge is 0.337 e. The molecule has 4 nitrogen and oxygen atoms in total. The fourth-order valence-electron chi connectivity index (χ4n) is 1.49. The summed E-state index contributed by atoms with van der Waals surface area (Å²) in [5.74, 6) is -0.497. The lowest BCUT2D eigenvalue weighted by Crippen LogP contribution is -2.04. The molecule has 0 atom stereocenters. The van der Waals surface area contributed by atoms with E-state index in [4.69, 9.17) is 5.11 Å². The van der Waals surface area contributed by atoms with Crippen molar-refractivity contribution in [3.8, 4) is 0 Å². The molecule has 0 radical (unpaired) electrons. The Labute approximate surface area is 100 Å². The summed E-state index contributed by atoms with van der Waals surface area (Å²) in [6, 6.07) is 7.09. The number of benzene rings is 1. The Balaban J connectivity index is 2.46. The normalized spacial score (nSPS) is 10.0. The third-order valence-electron chi connectivity index (χ3n) is 2.47. The molecule has 92 valence electrons. The molecule has 0 saturated carbocycles. The van der Waals surface area contributed by atoms with Crippen LogP contribution >= 0.6 is 0 Å². The van der Waals surface area contributed by atoms with Gasteiger partial charge in [0.15, 0.2) is 5.78 Å². The fraction of sp³-hybridized carbons (Fsp3) is 0.385. The topological polar surface area (TPSA) is 63.6 Å². The summed E-state index contributed by atoms with van der Waals surface area (Å²) in [5, 5.41) is 8.56. The molecule has 0 saturated heterocycles. The van der Waals surface area contributed by atoms with Gasteiger partial charge in [-0.25, -0.2) is 4.79 Å². The van der Waals surface area contributed by atoms with Gasteiger partial charge in [-0.15, -0.1) is 0 Å². The predicted molar refractivity (Wildman–Crippen MR) is 62.8 cm³/mol. The summed E-state index contributed by atoms with van der Waals surface area (Å²) in [6.07, 6.45) is 1.85. The fourth-order valence-corrected chi connectivity index (χ4v) is 1.49. The zero-order valence-corrected chi connectivity index (χ0v) is 9.81. The number of aryl methyl sites for hydroxylation is 1. The van der Waals surface area contributed by atoms with E-state index < -0.39 is 0 Å². The van der Waals surface area contributed by atoms with Crippen molar-refractivity contribution in [1.29, 1.82) is 0 Å². The van der Waals surface area contributed by atoms with Gasteiger partial charge in [-0.3, -0.25) is 4.79 Å². The lowest BCUT2D eigenvalue weighted by atomic mass is 10.1. The Morgan fingerprint density at radius 1 is 1.24 bits per heavy atom. The van der Waals surface area contributed by atoms with E-state index in [1.807, 2.05) is 12.1 Å². The highest BCUT2D eigenvalue weighted by Gasteiger charge is 2.04. The number of aliphatic hydroxyl groups is 1. The van der Waals surface area contributed by atoms with Crippen LogP contribution in [0.15, 0.2) is 24.3 Å². The molecule has 0 amide bonds. The third-order valence-corrected chi connectivity index (χ3v) is 2.47. The van der Waals surface area contributed by atoms with Gasteiger partial charge in [-0.1, -0.05) is 12.1 Å². The van der Waals surface area contributed by atoms with Gasteiger partial charge in [0.25, 0.3) is 0 Å². The lowest BCUT2D eigenvalue weighted by Gasteiger charge is -2.02. The number of hydrogen-bond donors (Lipinski definition) is 1. The highest BCUT2D eigenvalue weighted by atomic mass is 16.5. The number of esters is 1. The van der Waals surface area contributed by atoms with Gasteiger partial charge in [0.05, 0.1) is 12.7 Å². The number of aliphatic hydroxyl groups excluding tert-OH is 1. The Morgan fingerprint density at radius 3 is 2.41 bits per heavy atom. The minimum Gasteiger partial charge on any atom is -0.465 e. The quantitative estimate of drug-likeness (QED) is 0.757. The van der Waals surface area contributed by atoms with Crippen molar-refractivity contribution >= 4 is 11.8 Å². The van der Waals surface area contributed by atoms with Gasteiger partial charge >= 0.3 is 5.97 Å². The molecule has 0 heterocycles. The highest BCUT2D eigenvalue weighted by molar-refractivity contribution is 5.89. The molecular weight excluding hydrogens is 220 g/mol. The van der Waals surface area contributed by atoms with Gasteiger partial charge in [0, 0.05) is 6.42 Å². The molecule has 0 aliphatic heterocycles. The van der Waals surface area contributed by atoms with Gasteiger partial charge < -0.3 is 9.84 Å². The first-order chi connectivity index (χ1) is 8.17. The van der Waals surface area contributed by atoms with Crippen LogP contribution in [0.25, 0.3) is 0 Å². The zero-order valence-electron chi connectivity index (χ0n) is 9.81. The molecule has 1 N–H and O–H groups in total. The summed E-state index contributed by atoms with van der Waals surface area (Å²) in [7, 11) is 1.34. The molecule has 0 unspecified atom stereocenters. The number of ketones is 1. The van der Waals surface area contributed by atoms with Crippen molar-refractivity contribution in [2.75, 3.05) is 13.7 Å². The SMILES string of the molecule is COC(=O)c1ccc(CCCC(=O)CO)cc1. The molecule has 1 aromatic rings. The van der Waals surface area contributed by atoms with Gasteiger partial charge in [-0.05, 0) is 30.5 Å². The van der Waals surface area contributed by atoms with Crippen LogP contribution in [0, 0.1) is 0 Å². The molecule has 0 fully saturated rings. The summed E-state index contributed by atoms with van der Waals surface area (Å²) in [4.78, 5) is 22.0. The number of ether oxygens (including phenoxy) is 1. The van der Waals surface area contributed by atoms with Crippen LogP contribution in [-0.2, 0) is 16.0 Å². The van der Waals surface area contributed by atoms with Crippen LogP contribution in [0.3, 0.4) is 0 Å². The Bertz CT molecular complexity index is 381. The van der Waals surface area contributed by atoms with Gasteiger partial charge in [0.2, 0.25) is 0 Å². The minimum absolute atomic E-state index is 0.142. The van der Waals surface area contributed by atoms with Gasteiger partial charge in [-0.2, -0.15) is 0 Å². The highest BCUT2D eigenvalue weighted by Crippen LogP contribution is 2.09. The minimum atomic E-state index is -0.388. The van der Waals surface area contributed by atoms with Crippen LogP contribution in [0.2, 0.25) is 0 Å². The number of methoxy groups -OCH3 is 1. The lowest BCUT2D eigenvalue weighted by molar-refractivity contribution is -0.121.